The van der Waals surface area contributed by atoms with Crippen molar-refractivity contribution in [2.45, 2.75) is 72.1 Å². The maximum Gasteiger partial charge on any atom is 0.229 e. The first-order chi connectivity index (χ1) is 19.3. The smallest absolute Gasteiger partial charge is 0.229 e. The molecular weight excluding hydrogens is 504 g/mol. The van der Waals surface area contributed by atoms with Crippen molar-refractivity contribution in [3.8, 4) is 28.3 Å². The molecule has 4 aromatic carbocycles. The van der Waals surface area contributed by atoms with Gasteiger partial charge in [0.25, 0.3) is 0 Å². The Bertz CT molecular complexity index is 1740. The molecule has 0 aliphatic carbocycles. The molecule has 0 saturated heterocycles. The maximum absolute atomic E-state index is 11.2. The van der Waals surface area contributed by atoms with Crippen LogP contribution in [0.5, 0.6) is 5.75 Å². The van der Waals surface area contributed by atoms with E-state index in [-0.39, 0.29) is 16.6 Å². The van der Waals surface area contributed by atoms with Gasteiger partial charge in [-0.3, -0.25) is 4.99 Å². The molecule has 0 amide bonds. The molecule has 4 heteroatoms. The summed E-state index contributed by atoms with van der Waals surface area (Å²) < 4.78 is 6.30. The van der Waals surface area contributed by atoms with Crippen LogP contribution in [-0.4, -0.2) is 16.3 Å². The molecule has 0 aliphatic heterocycles. The summed E-state index contributed by atoms with van der Waals surface area (Å²) in [7, 11) is 0. The number of phenols is 1. The van der Waals surface area contributed by atoms with Gasteiger partial charge in [0.15, 0.2) is 5.58 Å². The number of benzene rings is 4. The molecule has 210 valence electrons. The topological polar surface area (TPSA) is 58.6 Å². The number of hydrogen-bond acceptors (Lipinski definition) is 4. The van der Waals surface area contributed by atoms with Crippen molar-refractivity contribution in [2.24, 2.45) is 4.99 Å². The zero-order valence-electron chi connectivity index (χ0n) is 25.4. The molecule has 0 spiro atoms. The molecule has 1 aromatic heterocycles. The molecule has 0 atom stereocenters. The van der Waals surface area contributed by atoms with E-state index in [1.165, 1.54) is 5.56 Å². The van der Waals surface area contributed by atoms with Gasteiger partial charge in [0.1, 0.15) is 11.3 Å². The first kappa shape index (κ1) is 28.4. The van der Waals surface area contributed by atoms with Gasteiger partial charge < -0.3 is 9.52 Å². The number of hydrogen-bond donors (Lipinski definition) is 1. The lowest BCUT2D eigenvalue weighted by atomic mass is 9.79. The van der Waals surface area contributed by atoms with Gasteiger partial charge in [-0.05, 0) is 57.7 Å². The average molecular weight is 545 g/mol. The summed E-state index contributed by atoms with van der Waals surface area (Å²) in [6.07, 6.45) is 1.75. The third kappa shape index (κ3) is 5.83. The van der Waals surface area contributed by atoms with Crippen molar-refractivity contribution in [1.82, 2.24) is 4.98 Å². The second-order valence-electron chi connectivity index (χ2n) is 13.2. The Morgan fingerprint density at radius 3 is 2.22 bits per heavy atom. The van der Waals surface area contributed by atoms with Crippen molar-refractivity contribution < 1.29 is 9.52 Å². The van der Waals surface area contributed by atoms with E-state index in [1.807, 2.05) is 42.5 Å². The lowest BCUT2D eigenvalue weighted by molar-refractivity contribution is 0.444. The fraction of sp³-hybridized carbons (Fsp3) is 0.297. The Balaban J connectivity index is 1.59. The first-order valence-electron chi connectivity index (χ1n) is 14.3. The predicted molar refractivity (Wildman–Crippen MR) is 172 cm³/mol. The first-order valence-corrected chi connectivity index (χ1v) is 14.3. The van der Waals surface area contributed by atoms with E-state index in [1.54, 1.807) is 6.21 Å². The van der Waals surface area contributed by atoms with Crippen molar-refractivity contribution >= 4 is 23.0 Å². The van der Waals surface area contributed by atoms with Crippen LogP contribution >= 0.6 is 0 Å². The summed E-state index contributed by atoms with van der Waals surface area (Å²) >= 11 is 0. The van der Waals surface area contributed by atoms with Gasteiger partial charge in [0, 0.05) is 22.9 Å². The summed E-state index contributed by atoms with van der Waals surface area (Å²) in [5.74, 6) is 1.22. The van der Waals surface area contributed by atoms with Gasteiger partial charge in [0.05, 0.1) is 11.3 Å². The van der Waals surface area contributed by atoms with Crippen LogP contribution in [0.4, 0.5) is 5.69 Å². The van der Waals surface area contributed by atoms with E-state index in [0.29, 0.717) is 17.4 Å². The zero-order chi connectivity index (χ0) is 29.5. The Hall–Kier alpha value is -4.18. The Kier molecular flexibility index (Phi) is 7.37. The highest BCUT2D eigenvalue weighted by atomic mass is 16.3. The number of oxazole rings is 1. The minimum atomic E-state index is -0.212. The fourth-order valence-corrected chi connectivity index (χ4v) is 5.03. The Labute approximate surface area is 243 Å². The van der Waals surface area contributed by atoms with Gasteiger partial charge in [0.2, 0.25) is 5.89 Å². The van der Waals surface area contributed by atoms with Gasteiger partial charge >= 0.3 is 0 Å². The van der Waals surface area contributed by atoms with E-state index >= 15 is 0 Å². The van der Waals surface area contributed by atoms with E-state index in [9.17, 15) is 5.11 Å². The third-order valence-corrected chi connectivity index (χ3v) is 7.57. The van der Waals surface area contributed by atoms with Crippen LogP contribution in [0, 0.1) is 0 Å². The molecule has 4 nitrogen and oxygen atoms in total. The highest BCUT2D eigenvalue weighted by Crippen LogP contribution is 2.39. The minimum Gasteiger partial charge on any atom is -0.507 e. The van der Waals surface area contributed by atoms with Crippen LogP contribution < -0.4 is 0 Å². The van der Waals surface area contributed by atoms with Gasteiger partial charge in [-0.25, -0.2) is 4.98 Å². The lowest BCUT2D eigenvalue weighted by Crippen LogP contribution is -2.17. The normalized spacial score (nSPS) is 12.6. The van der Waals surface area contributed by atoms with Crippen molar-refractivity contribution in [3.05, 3.63) is 101 Å². The summed E-state index contributed by atoms with van der Waals surface area (Å²) in [5, 5.41) is 11.2. The number of aliphatic imine (C=N–C) groups is 1. The number of nitrogens with zero attached hydrogens (tertiary/aromatic N) is 2. The number of para-hydroxylation sites is 2. The molecule has 1 N–H and O–H groups in total. The van der Waals surface area contributed by atoms with E-state index in [2.05, 4.69) is 91.8 Å². The van der Waals surface area contributed by atoms with Crippen LogP contribution in [-0.2, 0) is 10.8 Å². The molecule has 0 saturated carbocycles. The molecule has 5 rings (SSSR count). The number of aromatic hydroxyl groups is 1. The Morgan fingerprint density at radius 1 is 0.805 bits per heavy atom. The van der Waals surface area contributed by atoms with E-state index < -0.39 is 0 Å². The Morgan fingerprint density at radius 2 is 1.51 bits per heavy atom. The lowest BCUT2D eigenvalue weighted by Gasteiger charge is -2.27. The number of aromatic nitrogens is 1. The zero-order valence-corrected chi connectivity index (χ0v) is 25.4. The highest BCUT2D eigenvalue weighted by Gasteiger charge is 2.24. The molecule has 0 bridgehead atoms. The second-order valence-corrected chi connectivity index (χ2v) is 13.2. The summed E-state index contributed by atoms with van der Waals surface area (Å²) in [5.41, 5.74) is 9.01. The standard InChI is InChI=1S/C37H40N2O2/c1-23(2)24-13-11-14-25(19-24)28-16-12-18-32-33(28)39-35(41-32)29-15-9-10-17-31(29)38-22-26-20-27(36(3,4)5)21-30(34(26)40)37(6,7)8/h9-23,40H,1-8H3. The third-order valence-electron chi connectivity index (χ3n) is 7.57. The molecule has 1 heterocycles. The number of phenolic OH excluding ortho intramolecular Hbond substituents is 1. The molecule has 41 heavy (non-hydrogen) atoms. The van der Waals surface area contributed by atoms with Gasteiger partial charge in [-0.1, -0.05) is 110 Å². The van der Waals surface area contributed by atoms with Crippen LogP contribution in [0.2, 0.25) is 0 Å². The number of fused-ring (bicyclic) bond motifs is 1. The molecular formula is C37H40N2O2. The van der Waals surface area contributed by atoms with Crippen LogP contribution in [0.3, 0.4) is 0 Å². The molecule has 5 aromatic rings. The predicted octanol–water partition coefficient (Wildman–Crippen LogP) is 10.3. The maximum atomic E-state index is 11.2. The van der Waals surface area contributed by atoms with Gasteiger partial charge in [-0.15, -0.1) is 0 Å². The van der Waals surface area contributed by atoms with Crippen molar-refractivity contribution in [2.75, 3.05) is 0 Å². The van der Waals surface area contributed by atoms with Crippen LogP contribution in [0.1, 0.15) is 83.6 Å². The van der Waals surface area contributed by atoms with Gasteiger partial charge in [-0.2, -0.15) is 0 Å². The summed E-state index contributed by atoms with van der Waals surface area (Å²) in [4.78, 5) is 9.83. The average Bonchev–Trinajstić information content (AvgIpc) is 3.36. The summed E-state index contributed by atoms with van der Waals surface area (Å²) in [6.45, 7) is 17.3. The van der Waals surface area contributed by atoms with Crippen molar-refractivity contribution in [3.63, 3.8) is 0 Å². The van der Waals surface area contributed by atoms with Crippen molar-refractivity contribution in [1.29, 1.82) is 0 Å². The van der Waals surface area contributed by atoms with Crippen LogP contribution in [0.15, 0.2) is 88.3 Å². The number of rotatable bonds is 5. The SMILES string of the molecule is CC(C)c1cccc(-c2cccc3oc(-c4ccccc4N=Cc4cc(C(C)(C)C)cc(C(C)(C)C)c4O)nc23)c1. The highest BCUT2D eigenvalue weighted by molar-refractivity contribution is 5.93. The largest absolute Gasteiger partial charge is 0.507 e. The molecule has 0 fully saturated rings. The second kappa shape index (κ2) is 10.7. The quantitative estimate of drug-likeness (QED) is 0.224. The minimum absolute atomic E-state index is 0.0706. The molecule has 0 unspecified atom stereocenters. The summed E-state index contributed by atoms with van der Waals surface area (Å²) in [6, 6.07) is 26.7. The fourth-order valence-electron chi connectivity index (χ4n) is 5.03. The van der Waals surface area contributed by atoms with Crippen LogP contribution in [0.25, 0.3) is 33.7 Å². The van der Waals surface area contributed by atoms with E-state index in [0.717, 1.165) is 44.6 Å². The molecule has 0 aliphatic rings. The monoisotopic (exact) mass is 544 g/mol. The van der Waals surface area contributed by atoms with E-state index in [4.69, 9.17) is 14.4 Å². The molecule has 0 radical (unpaired) electrons.